The van der Waals surface area contributed by atoms with Crippen molar-refractivity contribution < 1.29 is 18.0 Å². The highest BCUT2D eigenvalue weighted by Crippen LogP contribution is 2.41. The zero-order valence-electron chi connectivity index (χ0n) is 15.5. The third kappa shape index (κ3) is 4.28. The van der Waals surface area contributed by atoms with E-state index in [9.17, 15) is 28.5 Å². The van der Waals surface area contributed by atoms with Crippen molar-refractivity contribution in [3.63, 3.8) is 0 Å². The molecule has 2 aliphatic rings. The molecule has 2 amide bonds. The van der Waals surface area contributed by atoms with E-state index in [1.165, 1.54) is 4.90 Å². The summed E-state index contributed by atoms with van der Waals surface area (Å²) >= 11 is 1.03. The Kier molecular flexibility index (Phi) is 6.23. The molecule has 0 radical (unpaired) electrons. The van der Waals surface area contributed by atoms with E-state index in [-0.39, 0.29) is 39.8 Å². The zero-order chi connectivity index (χ0) is 20.4. The number of hydrogen-bond donors (Lipinski definition) is 1. The second-order valence-corrected chi connectivity index (χ2v) is 10.3. The summed E-state index contributed by atoms with van der Waals surface area (Å²) in [5, 5.41) is 21.6. The molecule has 0 bridgehead atoms. The van der Waals surface area contributed by atoms with Crippen molar-refractivity contribution in [3.8, 4) is 12.1 Å². The summed E-state index contributed by atoms with van der Waals surface area (Å²) in [6, 6.07) is 3.64. The third-order valence-electron chi connectivity index (χ3n) is 4.98. The largest absolute Gasteiger partial charge is 0.338 e. The summed E-state index contributed by atoms with van der Waals surface area (Å²) in [6.07, 6.45) is 0.423. The lowest BCUT2D eigenvalue weighted by Crippen LogP contribution is -2.45. The van der Waals surface area contributed by atoms with Crippen molar-refractivity contribution >= 4 is 33.4 Å². The molecular formula is C17H22N4O4S2. The molecule has 2 atom stereocenters. The molecule has 146 valence electrons. The number of carbonyl (C=O) groups excluding carboxylic acids is 2. The van der Waals surface area contributed by atoms with E-state index < -0.39 is 27.1 Å². The molecule has 1 fully saturated rings. The molecule has 0 saturated carbocycles. The van der Waals surface area contributed by atoms with Crippen LogP contribution in [0.15, 0.2) is 10.6 Å². The standard InChI is InChI=1S/C17H22N4O4S2/c1-4-21(11-5-6-27(24,25)10-11)14(22)9-26-16-13(8-19)17(2,3)12(7-18)15(23)20-16/h11-12H,4-6,9-10H2,1-3H3,(H,20,23)/t11-,12+/m1/s1. The van der Waals surface area contributed by atoms with E-state index in [1.807, 2.05) is 6.07 Å². The van der Waals surface area contributed by atoms with Gasteiger partial charge in [-0.2, -0.15) is 10.5 Å². The average Bonchev–Trinajstić information content (AvgIpc) is 2.92. The number of thioether (sulfide) groups is 1. The van der Waals surface area contributed by atoms with Crippen LogP contribution in [0, 0.1) is 34.0 Å². The number of nitrogens with zero attached hydrogens (tertiary/aromatic N) is 3. The number of allylic oxidation sites excluding steroid dienone is 1. The van der Waals surface area contributed by atoms with Crippen molar-refractivity contribution in [2.45, 2.75) is 33.2 Å². The van der Waals surface area contributed by atoms with E-state index >= 15 is 0 Å². The van der Waals surface area contributed by atoms with Gasteiger partial charge in [-0.05, 0) is 13.3 Å². The van der Waals surface area contributed by atoms with Crippen LogP contribution in [-0.4, -0.2) is 55.0 Å². The number of rotatable bonds is 5. The molecule has 0 spiro atoms. The minimum Gasteiger partial charge on any atom is -0.338 e. The maximum Gasteiger partial charge on any atom is 0.243 e. The van der Waals surface area contributed by atoms with Crippen LogP contribution in [0.3, 0.4) is 0 Å². The number of hydrogen-bond acceptors (Lipinski definition) is 7. The summed E-state index contributed by atoms with van der Waals surface area (Å²) in [5.41, 5.74) is -0.695. The van der Waals surface area contributed by atoms with Gasteiger partial charge in [0, 0.05) is 18.0 Å². The fourth-order valence-corrected chi connectivity index (χ4v) is 6.20. The predicted molar refractivity (Wildman–Crippen MR) is 101 cm³/mol. The molecule has 2 rings (SSSR count). The van der Waals surface area contributed by atoms with Crippen molar-refractivity contribution in [2.24, 2.45) is 11.3 Å². The Morgan fingerprint density at radius 3 is 2.56 bits per heavy atom. The van der Waals surface area contributed by atoms with E-state index in [1.54, 1.807) is 20.8 Å². The van der Waals surface area contributed by atoms with Gasteiger partial charge in [0.1, 0.15) is 5.92 Å². The van der Waals surface area contributed by atoms with Gasteiger partial charge in [0.15, 0.2) is 9.84 Å². The SMILES string of the molecule is CCN(C(=O)CSC1=C(C#N)C(C)(C)[C@@H](C#N)C(=O)N1)[C@@H]1CCS(=O)(=O)C1. The maximum absolute atomic E-state index is 12.6. The van der Waals surface area contributed by atoms with Crippen LogP contribution in [0.25, 0.3) is 0 Å². The molecule has 8 nitrogen and oxygen atoms in total. The van der Waals surface area contributed by atoms with Gasteiger partial charge in [-0.25, -0.2) is 8.42 Å². The lowest BCUT2D eigenvalue weighted by Gasteiger charge is -2.34. The van der Waals surface area contributed by atoms with Gasteiger partial charge in [-0.3, -0.25) is 9.59 Å². The van der Waals surface area contributed by atoms with Crippen LogP contribution in [0.2, 0.25) is 0 Å². The number of nitriles is 2. The van der Waals surface area contributed by atoms with Crippen molar-refractivity contribution in [2.75, 3.05) is 23.8 Å². The summed E-state index contributed by atoms with van der Waals surface area (Å²) < 4.78 is 23.4. The van der Waals surface area contributed by atoms with Gasteiger partial charge in [0.25, 0.3) is 0 Å². The topological polar surface area (TPSA) is 131 Å². The Morgan fingerprint density at radius 2 is 2.07 bits per heavy atom. The lowest BCUT2D eigenvalue weighted by atomic mass is 9.72. The minimum atomic E-state index is -3.10. The fourth-order valence-electron chi connectivity index (χ4n) is 3.41. The van der Waals surface area contributed by atoms with Gasteiger partial charge in [-0.15, -0.1) is 0 Å². The molecule has 2 heterocycles. The van der Waals surface area contributed by atoms with Gasteiger partial charge in [0.05, 0.1) is 40.0 Å². The lowest BCUT2D eigenvalue weighted by molar-refractivity contribution is -0.130. The normalized spacial score (nSPS) is 26.0. The Hall–Kier alpha value is -2.04. The fraction of sp³-hybridized carbons (Fsp3) is 0.647. The van der Waals surface area contributed by atoms with Crippen LogP contribution < -0.4 is 5.32 Å². The summed E-state index contributed by atoms with van der Waals surface area (Å²) in [5.74, 6) is -1.70. The number of carbonyl (C=O) groups is 2. The first-order valence-electron chi connectivity index (χ1n) is 8.55. The Balaban J connectivity index is 2.15. The van der Waals surface area contributed by atoms with Crippen molar-refractivity contribution in [1.82, 2.24) is 10.2 Å². The molecule has 27 heavy (non-hydrogen) atoms. The van der Waals surface area contributed by atoms with Crippen LogP contribution in [0.4, 0.5) is 0 Å². The molecular weight excluding hydrogens is 388 g/mol. The van der Waals surface area contributed by atoms with Crippen LogP contribution in [-0.2, 0) is 19.4 Å². The van der Waals surface area contributed by atoms with Gasteiger partial charge < -0.3 is 10.2 Å². The molecule has 2 aliphatic heterocycles. The maximum atomic E-state index is 12.6. The van der Waals surface area contributed by atoms with Crippen LogP contribution >= 0.6 is 11.8 Å². The van der Waals surface area contributed by atoms with E-state index in [2.05, 4.69) is 11.4 Å². The molecule has 0 unspecified atom stereocenters. The molecule has 0 aliphatic carbocycles. The highest BCUT2D eigenvalue weighted by Gasteiger charge is 2.45. The van der Waals surface area contributed by atoms with Crippen LogP contribution in [0.5, 0.6) is 0 Å². The van der Waals surface area contributed by atoms with E-state index in [4.69, 9.17) is 0 Å². The van der Waals surface area contributed by atoms with E-state index in [0.29, 0.717) is 13.0 Å². The zero-order valence-corrected chi connectivity index (χ0v) is 17.1. The monoisotopic (exact) mass is 410 g/mol. The second kappa shape index (κ2) is 7.91. The molecule has 10 heteroatoms. The first-order valence-corrected chi connectivity index (χ1v) is 11.4. The minimum absolute atomic E-state index is 0.0293. The Morgan fingerprint density at radius 1 is 1.41 bits per heavy atom. The van der Waals surface area contributed by atoms with Crippen molar-refractivity contribution in [3.05, 3.63) is 10.6 Å². The van der Waals surface area contributed by atoms with Crippen molar-refractivity contribution in [1.29, 1.82) is 10.5 Å². The van der Waals surface area contributed by atoms with Crippen LogP contribution in [0.1, 0.15) is 27.2 Å². The van der Waals surface area contributed by atoms with Gasteiger partial charge >= 0.3 is 0 Å². The highest BCUT2D eigenvalue weighted by atomic mass is 32.2. The number of sulfone groups is 1. The van der Waals surface area contributed by atoms with Gasteiger partial charge in [0.2, 0.25) is 11.8 Å². The highest BCUT2D eigenvalue weighted by molar-refractivity contribution is 8.03. The molecule has 0 aromatic rings. The first-order chi connectivity index (χ1) is 12.6. The first kappa shape index (κ1) is 21.3. The van der Waals surface area contributed by atoms with E-state index in [0.717, 1.165) is 11.8 Å². The van der Waals surface area contributed by atoms with Gasteiger partial charge in [-0.1, -0.05) is 25.6 Å². The average molecular weight is 411 g/mol. The summed E-state index contributed by atoms with van der Waals surface area (Å²) in [7, 11) is -3.10. The Bertz CT molecular complexity index is 864. The third-order valence-corrected chi connectivity index (χ3v) is 7.72. The molecule has 0 aromatic heterocycles. The predicted octanol–water partition coefficient (Wildman–Crippen LogP) is 0.786. The summed E-state index contributed by atoms with van der Waals surface area (Å²) in [6.45, 7) is 5.49. The Labute approximate surface area is 163 Å². The molecule has 1 N–H and O–H groups in total. The summed E-state index contributed by atoms with van der Waals surface area (Å²) in [4.78, 5) is 26.3. The number of amides is 2. The molecule has 0 aromatic carbocycles. The quantitative estimate of drug-likeness (QED) is 0.708. The molecule has 1 saturated heterocycles. The number of nitrogens with one attached hydrogen (secondary N) is 1. The second-order valence-electron chi connectivity index (χ2n) is 7.11. The smallest absolute Gasteiger partial charge is 0.243 e.